The minimum atomic E-state index is -0.0525. The molecule has 1 aromatic carbocycles. The van der Waals surface area contributed by atoms with Crippen molar-refractivity contribution < 1.29 is 4.74 Å². The Labute approximate surface area is 117 Å². The lowest BCUT2D eigenvalue weighted by Gasteiger charge is -2.17. The Morgan fingerprint density at radius 1 is 1.35 bits per heavy atom. The molecule has 1 aliphatic heterocycles. The smallest absolute Gasteiger partial charge is 0.267 e. The van der Waals surface area contributed by atoms with Crippen molar-refractivity contribution in [3.05, 3.63) is 57.5 Å². The van der Waals surface area contributed by atoms with Crippen molar-refractivity contribution in [1.82, 2.24) is 15.1 Å². The summed E-state index contributed by atoms with van der Waals surface area (Å²) in [5.74, 6) is 0.811. The first kappa shape index (κ1) is 12.9. The van der Waals surface area contributed by atoms with E-state index in [9.17, 15) is 4.79 Å². The highest BCUT2D eigenvalue weighted by Gasteiger charge is 2.12. The minimum Gasteiger partial charge on any atom is -0.497 e. The van der Waals surface area contributed by atoms with E-state index in [1.54, 1.807) is 13.2 Å². The van der Waals surface area contributed by atoms with Gasteiger partial charge in [-0.25, -0.2) is 4.68 Å². The fourth-order valence-corrected chi connectivity index (χ4v) is 2.38. The minimum absolute atomic E-state index is 0.0525. The molecule has 2 aromatic rings. The lowest BCUT2D eigenvalue weighted by molar-refractivity contribution is 0.414. The lowest BCUT2D eigenvalue weighted by atomic mass is 10.1. The molecule has 0 fully saturated rings. The summed E-state index contributed by atoms with van der Waals surface area (Å²) in [5, 5.41) is 7.73. The summed E-state index contributed by atoms with van der Waals surface area (Å²) in [6.07, 6.45) is 0.873. The van der Waals surface area contributed by atoms with Gasteiger partial charge in [-0.15, -0.1) is 0 Å². The van der Waals surface area contributed by atoms with Crippen LogP contribution >= 0.6 is 0 Å². The summed E-state index contributed by atoms with van der Waals surface area (Å²) >= 11 is 0. The van der Waals surface area contributed by atoms with E-state index in [4.69, 9.17) is 4.74 Å². The Hall–Kier alpha value is -2.14. The quantitative estimate of drug-likeness (QED) is 0.903. The Balaban J connectivity index is 1.88. The van der Waals surface area contributed by atoms with Crippen LogP contribution in [-0.4, -0.2) is 23.4 Å². The van der Waals surface area contributed by atoms with Gasteiger partial charge in [-0.05, 0) is 23.3 Å². The van der Waals surface area contributed by atoms with Gasteiger partial charge in [-0.1, -0.05) is 12.1 Å². The average Bonchev–Trinajstić information content (AvgIpc) is 2.49. The van der Waals surface area contributed by atoms with Crippen molar-refractivity contribution >= 4 is 0 Å². The molecule has 20 heavy (non-hydrogen) atoms. The summed E-state index contributed by atoms with van der Waals surface area (Å²) in [6.45, 7) is 2.14. The summed E-state index contributed by atoms with van der Waals surface area (Å²) in [5.41, 5.74) is 3.03. The number of benzene rings is 1. The number of methoxy groups -OCH3 is 1. The molecule has 5 nitrogen and oxygen atoms in total. The third-order valence-corrected chi connectivity index (χ3v) is 3.51. The predicted octanol–water partition coefficient (Wildman–Crippen LogP) is 0.946. The van der Waals surface area contributed by atoms with Crippen molar-refractivity contribution in [2.24, 2.45) is 0 Å². The van der Waals surface area contributed by atoms with Gasteiger partial charge in [-0.2, -0.15) is 5.10 Å². The second-order valence-corrected chi connectivity index (χ2v) is 4.89. The topological polar surface area (TPSA) is 56.2 Å². The van der Waals surface area contributed by atoms with Crippen molar-refractivity contribution in [1.29, 1.82) is 0 Å². The predicted molar refractivity (Wildman–Crippen MR) is 76.0 cm³/mol. The summed E-state index contributed by atoms with van der Waals surface area (Å²) in [4.78, 5) is 12.1. The number of hydrogen-bond donors (Lipinski definition) is 1. The van der Waals surface area contributed by atoms with E-state index >= 15 is 0 Å². The Morgan fingerprint density at radius 2 is 2.15 bits per heavy atom. The molecule has 1 aromatic heterocycles. The van der Waals surface area contributed by atoms with Crippen molar-refractivity contribution in [2.45, 2.75) is 19.5 Å². The van der Waals surface area contributed by atoms with Gasteiger partial charge >= 0.3 is 0 Å². The van der Waals surface area contributed by atoms with Crippen LogP contribution in [0.3, 0.4) is 0 Å². The monoisotopic (exact) mass is 271 g/mol. The average molecular weight is 271 g/mol. The van der Waals surface area contributed by atoms with Crippen molar-refractivity contribution in [2.75, 3.05) is 13.7 Å². The van der Waals surface area contributed by atoms with Crippen LogP contribution in [0.4, 0.5) is 0 Å². The number of nitrogens with zero attached hydrogens (tertiary/aromatic N) is 2. The third kappa shape index (κ3) is 2.58. The number of rotatable bonds is 3. The first-order valence-electron chi connectivity index (χ1n) is 6.70. The first-order chi connectivity index (χ1) is 9.76. The second kappa shape index (κ2) is 5.46. The largest absolute Gasteiger partial charge is 0.497 e. The highest BCUT2D eigenvalue weighted by molar-refractivity contribution is 5.27. The number of fused-ring (bicyclic) bond motifs is 1. The molecule has 0 saturated carbocycles. The molecule has 0 spiro atoms. The van der Waals surface area contributed by atoms with E-state index in [-0.39, 0.29) is 5.56 Å². The number of nitrogens with one attached hydrogen (secondary N) is 1. The van der Waals surface area contributed by atoms with E-state index in [1.807, 2.05) is 24.3 Å². The maximum absolute atomic E-state index is 12.1. The summed E-state index contributed by atoms with van der Waals surface area (Å²) < 4.78 is 6.66. The molecular weight excluding hydrogens is 254 g/mol. The van der Waals surface area contributed by atoms with Crippen LogP contribution in [0, 0.1) is 0 Å². The molecule has 1 aliphatic rings. The Morgan fingerprint density at radius 3 is 2.90 bits per heavy atom. The molecule has 0 saturated heterocycles. The SMILES string of the molecule is COc1ccc(Cn2nc3c(cc2=O)CNCC3)cc1. The fourth-order valence-electron chi connectivity index (χ4n) is 2.38. The van der Waals surface area contributed by atoms with Gasteiger partial charge in [0.2, 0.25) is 0 Å². The highest BCUT2D eigenvalue weighted by atomic mass is 16.5. The molecule has 5 heteroatoms. The lowest BCUT2D eigenvalue weighted by Crippen LogP contribution is -2.31. The van der Waals surface area contributed by atoms with Gasteiger partial charge in [0.25, 0.3) is 5.56 Å². The van der Waals surface area contributed by atoms with Gasteiger partial charge < -0.3 is 10.1 Å². The van der Waals surface area contributed by atoms with Crippen LogP contribution in [0.25, 0.3) is 0 Å². The molecular formula is C15H17N3O2. The van der Waals surface area contributed by atoms with Crippen LogP contribution in [-0.2, 0) is 19.5 Å². The van der Waals surface area contributed by atoms with Gasteiger partial charge in [0.05, 0.1) is 19.3 Å². The number of aromatic nitrogens is 2. The van der Waals surface area contributed by atoms with E-state index in [0.29, 0.717) is 6.54 Å². The van der Waals surface area contributed by atoms with Crippen LogP contribution < -0.4 is 15.6 Å². The zero-order valence-electron chi connectivity index (χ0n) is 11.4. The summed E-state index contributed by atoms with van der Waals surface area (Å²) in [7, 11) is 1.64. The highest BCUT2D eigenvalue weighted by Crippen LogP contribution is 2.12. The van der Waals surface area contributed by atoms with Gasteiger partial charge in [0, 0.05) is 25.6 Å². The maximum Gasteiger partial charge on any atom is 0.267 e. The Bertz CT molecular complexity index is 662. The van der Waals surface area contributed by atoms with Gasteiger partial charge in [0.1, 0.15) is 5.75 Å². The van der Waals surface area contributed by atoms with E-state index in [1.165, 1.54) is 4.68 Å². The molecule has 0 unspecified atom stereocenters. The van der Waals surface area contributed by atoms with Crippen LogP contribution in [0.2, 0.25) is 0 Å². The number of hydrogen-bond acceptors (Lipinski definition) is 4. The summed E-state index contributed by atoms with van der Waals surface area (Å²) in [6, 6.07) is 9.38. The van der Waals surface area contributed by atoms with Crippen LogP contribution in [0.1, 0.15) is 16.8 Å². The maximum atomic E-state index is 12.1. The fraction of sp³-hybridized carbons (Fsp3) is 0.333. The molecule has 3 rings (SSSR count). The van der Waals surface area contributed by atoms with Crippen LogP contribution in [0.5, 0.6) is 5.75 Å². The van der Waals surface area contributed by atoms with E-state index in [0.717, 1.165) is 42.1 Å². The molecule has 104 valence electrons. The zero-order valence-corrected chi connectivity index (χ0v) is 11.4. The van der Waals surface area contributed by atoms with E-state index in [2.05, 4.69) is 10.4 Å². The third-order valence-electron chi connectivity index (χ3n) is 3.51. The van der Waals surface area contributed by atoms with E-state index < -0.39 is 0 Å². The second-order valence-electron chi connectivity index (χ2n) is 4.89. The van der Waals surface area contributed by atoms with Crippen molar-refractivity contribution in [3.63, 3.8) is 0 Å². The molecule has 0 bridgehead atoms. The first-order valence-corrected chi connectivity index (χ1v) is 6.70. The molecule has 1 N–H and O–H groups in total. The molecule has 0 atom stereocenters. The normalized spacial score (nSPS) is 13.8. The standard InChI is InChI=1S/C15H17N3O2/c1-20-13-4-2-11(3-5-13)10-18-15(19)8-12-9-16-7-6-14(12)17-18/h2-5,8,16H,6-7,9-10H2,1H3. The van der Waals surface area contributed by atoms with Gasteiger partial charge in [-0.3, -0.25) is 4.79 Å². The molecule has 0 aliphatic carbocycles. The van der Waals surface area contributed by atoms with Gasteiger partial charge in [0.15, 0.2) is 0 Å². The molecule has 0 amide bonds. The molecule has 0 radical (unpaired) electrons. The van der Waals surface area contributed by atoms with Crippen LogP contribution in [0.15, 0.2) is 35.1 Å². The molecule has 2 heterocycles. The zero-order chi connectivity index (χ0) is 13.9. The van der Waals surface area contributed by atoms with Crippen molar-refractivity contribution in [3.8, 4) is 5.75 Å². The Kier molecular flexibility index (Phi) is 3.52. The number of ether oxygens (including phenoxy) is 1.